The minimum absolute atomic E-state index is 0.135. The maximum absolute atomic E-state index is 13.5. The standard InChI is InChI=1S/C20H19F2N3O2/c1-23-20(27)19(14-6-7-15(21)16(22)12-14)24-18(26)9-11-25-10-8-13-4-2-3-5-17(13)25/h2-8,10,12,19H,9,11H2,1H3,(H,23,27)(H,24,26). The van der Waals surface area contributed by atoms with Crippen LogP contribution in [0.1, 0.15) is 18.0 Å². The topological polar surface area (TPSA) is 63.1 Å². The Bertz CT molecular complexity index is 984. The average Bonchev–Trinajstić information content (AvgIpc) is 3.09. The van der Waals surface area contributed by atoms with E-state index in [9.17, 15) is 18.4 Å². The Labute approximate surface area is 155 Å². The molecular weight excluding hydrogens is 352 g/mol. The SMILES string of the molecule is CNC(=O)C(NC(=O)CCn1ccc2ccccc21)c1ccc(F)c(F)c1. The maximum Gasteiger partial charge on any atom is 0.246 e. The van der Waals surface area contributed by atoms with E-state index < -0.39 is 23.6 Å². The summed E-state index contributed by atoms with van der Waals surface area (Å²) in [6.07, 6.45) is 2.03. The molecule has 0 radical (unpaired) electrons. The Hall–Kier alpha value is -3.22. The Morgan fingerprint density at radius 2 is 1.85 bits per heavy atom. The van der Waals surface area contributed by atoms with Crippen LogP contribution in [0, 0.1) is 11.6 Å². The molecule has 0 aliphatic rings. The van der Waals surface area contributed by atoms with Gasteiger partial charge in [-0.1, -0.05) is 24.3 Å². The fourth-order valence-corrected chi connectivity index (χ4v) is 2.93. The van der Waals surface area contributed by atoms with Gasteiger partial charge in [0.05, 0.1) is 0 Å². The number of fused-ring (bicyclic) bond motifs is 1. The fraction of sp³-hybridized carbons (Fsp3) is 0.200. The number of hydrogen-bond donors (Lipinski definition) is 2. The number of aromatic nitrogens is 1. The first-order valence-electron chi connectivity index (χ1n) is 8.49. The largest absolute Gasteiger partial charge is 0.357 e. The number of aryl methyl sites for hydroxylation is 1. The van der Waals surface area contributed by atoms with Crippen LogP contribution in [0.25, 0.3) is 10.9 Å². The zero-order valence-corrected chi connectivity index (χ0v) is 14.7. The number of nitrogens with zero attached hydrogens (tertiary/aromatic N) is 1. The summed E-state index contributed by atoms with van der Waals surface area (Å²) >= 11 is 0. The lowest BCUT2D eigenvalue weighted by atomic mass is 10.1. The van der Waals surface area contributed by atoms with Crippen molar-refractivity contribution in [3.05, 3.63) is 71.9 Å². The molecule has 1 atom stereocenters. The highest BCUT2D eigenvalue weighted by Crippen LogP contribution is 2.18. The van der Waals surface area contributed by atoms with Crippen molar-refractivity contribution in [1.82, 2.24) is 15.2 Å². The monoisotopic (exact) mass is 371 g/mol. The van der Waals surface area contributed by atoms with E-state index in [0.717, 1.165) is 23.0 Å². The van der Waals surface area contributed by atoms with Gasteiger partial charge in [-0.25, -0.2) is 8.78 Å². The summed E-state index contributed by atoms with van der Waals surface area (Å²) in [6, 6.07) is 11.8. The van der Waals surface area contributed by atoms with Crippen molar-refractivity contribution in [2.75, 3.05) is 7.05 Å². The van der Waals surface area contributed by atoms with Crippen LogP contribution in [-0.2, 0) is 16.1 Å². The molecule has 0 fully saturated rings. The predicted molar refractivity (Wildman–Crippen MR) is 97.9 cm³/mol. The smallest absolute Gasteiger partial charge is 0.246 e. The second kappa shape index (κ2) is 7.99. The van der Waals surface area contributed by atoms with Gasteiger partial charge in [-0.15, -0.1) is 0 Å². The van der Waals surface area contributed by atoms with Crippen LogP contribution in [0.4, 0.5) is 8.78 Å². The molecule has 2 N–H and O–H groups in total. The van der Waals surface area contributed by atoms with Crippen molar-refractivity contribution in [1.29, 1.82) is 0 Å². The van der Waals surface area contributed by atoms with Gasteiger partial charge in [-0.2, -0.15) is 0 Å². The molecule has 1 aromatic heterocycles. The van der Waals surface area contributed by atoms with Crippen LogP contribution in [0.3, 0.4) is 0 Å². The van der Waals surface area contributed by atoms with E-state index in [1.165, 1.54) is 13.1 Å². The van der Waals surface area contributed by atoms with Crippen molar-refractivity contribution in [2.24, 2.45) is 0 Å². The van der Waals surface area contributed by atoms with E-state index in [-0.39, 0.29) is 17.9 Å². The molecular formula is C20H19F2N3O2. The maximum atomic E-state index is 13.5. The molecule has 27 heavy (non-hydrogen) atoms. The van der Waals surface area contributed by atoms with Crippen molar-refractivity contribution < 1.29 is 18.4 Å². The third kappa shape index (κ3) is 4.13. The first kappa shape index (κ1) is 18.6. The van der Waals surface area contributed by atoms with E-state index in [1.807, 2.05) is 41.1 Å². The van der Waals surface area contributed by atoms with E-state index in [0.29, 0.717) is 6.54 Å². The molecule has 0 saturated carbocycles. The highest BCUT2D eigenvalue weighted by Gasteiger charge is 2.23. The Balaban J connectivity index is 1.70. The summed E-state index contributed by atoms with van der Waals surface area (Å²) in [5.74, 6) is -2.97. The van der Waals surface area contributed by atoms with Crippen LogP contribution < -0.4 is 10.6 Å². The second-order valence-electron chi connectivity index (χ2n) is 6.11. The van der Waals surface area contributed by atoms with Crippen molar-refractivity contribution in [3.63, 3.8) is 0 Å². The minimum atomic E-state index is -1.10. The summed E-state index contributed by atoms with van der Waals surface area (Å²) in [5.41, 5.74) is 1.18. The summed E-state index contributed by atoms with van der Waals surface area (Å²) in [5, 5.41) is 6.08. The fourth-order valence-electron chi connectivity index (χ4n) is 2.93. The lowest BCUT2D eigenvalue weighted by Crippen LogP contribution is -2.39. The van der Waals surface area contributed by atoms with Crippen LogP contribution in [0.2, 0.25) is 0 Å². The predicted octanol–water partition coefficient (Wildman–Crippen LogP) is 2.91. The molecule has 0 saturated heterocycles. The van der Waals surface area contributed by atoms with Gasteiger partial charge in [-0.3, -0.25) is 9.59 Å². The number of carbonyl (C=O) groups is 2. The first-order chi connectivity index (χ1) is 13.0. The van der Waals surface area contributed by atoms with Crippen molar-refractivity contribution >= 4 is 22.7 Å². The molecule has 1 heterocycles. The van der Waals surface area contributed by atoms with Gasteiger partial charge in [0.2, 0.25) is 11.8 Å². The van der Waals surface area contributed by atoms with Crippen LogP contribution in [0.15, 0.2) is 54.7 Å². The molecule has 2 aromatic carbocycles. The van der Waals surface area contributed by atoms with Gasteiger partial charge in [0.25, 0.3) is 0 Å². The Morgan fingerprint density at radius 1 is 1.07 bits per heavy atom. The molecule has 0 bridgehead atoms. The lowest BCUT2D eigenvalue weighted by molar-refractivity contribution is -0.129. The number of halogens is 2. The molecule has 3 aromatic rings. The normalized spacial score (nSPS) is 12.0. The lowest BCUT2D eigenvalue weighted by Gasteiger charge is -2.18. The number of benzene rings is 2. The molecule has 0 spiro atoms. The van der Waals surface area contributed by atoms with Crippen LogP contribution in [0.5, 0.6) is 0 Å². The Kier molecular flexibility index (Phi) is 5.49. The number of rotatable bonds is 6. The summed E-state index contributed by atoms with van der Waals surface area (Å²) in [7, 11) is 1.41. The minimum Gasteiger partial charge on any atom is -0.357 e. The van der Waals surface area contributed by atoms with Crippen molar-refractivity contribution in [3.8, 4) is 0 Å². The molecule has 5 nitrogen and oxygen atoms in total. The third-order valence-electron chi connectivity index (χ3n) is 4.35. The molecule has 0 aliphatic heterocycles. The molecule has 2 amide bonds. The summed E-state index contributed by atoms with van der Waals surface area (Å²) < 4.78 is 28.6. The molecule has 1 unspecified atom stereocenters. The van der Waals surface area contributed by atoms with Gasteiger partial charge in [0, 0.05) is 31.7 Å². The quantitative estimate of drug-likeness (QED) is 0.700. The molecule has 140 valence electrons. The molecule has 3 rings (SSSR count). The summed E-state index contributed by atoms with van der Waals surface area (Å²) in [6.45, 7) is 0.428. The van der Waals surface area contributed by atoms with Gasteiger partial charge in [0.1, 0.15) is 6.04 Å². The van der Waals surface area contributed by atoms with Gasteiger partial charge < -0.3 is 15.2 Å². The number of hydrogen-bond acceptors (Lipinski definition) is 2. The van der Waals surface area contributed by atoms with E-state index in [1.54, 1.807) is 0 Å². The van der Waals surface area contributed by atoms with Crippen LogP contribution >= 0.6 is 0 Å². The zero-order chi connectivity index (χ0) is 19.4. The highest BCUT2D eigenvalue weighted by molar-refractivity contribution is 5.88. The Morgan fingerprint density at radius 3 is 2.59 bits per heavy atom. The second-order valence-corrected chi connectivity index (χ2v) is 6.11. The van der Waals surface area contributed by atoms with Gasteiger partial charge in [-0.05, 0) is 35.2 Å². The third-order valence-corrected chi connectivity index (χ3v) is 4.35. The number of likely N-dealkylation sites (N-methyl/N-ethyl adjacent to an activating group) is 1. The first-order valence-corrected chi connectivity index (χ1v) is 8.49. The number of amides is 2. The highest BCUT2D eigenvalue weighted by atomic mass is 19.2. The van der Waals surface area contributed by atoms with Gasteiger partial charge in [0.15, 0.2) is 11.6 Å². The number of para-hydroxylation sites is 1. The zero-order valence-electron chi connectivity index (χ0n) is 14.7. The molecule has 0 aliphatic carbocycles. The van der Waals surface area contributed by atoms with Crippen molar-refractivity contribution in [2.45, 2.75) is 19.0 Å². The average molecular weight is 371 g/mol. The number of nitrogens with one attached hydrogen (secondary N) is 2. The number of carbonyl (C=O) groups excluding carboxylic acids is 2. The van der Waals surface area contributed by atoms with E-state index in [4.69, 9.17) is 0 Å². The van der Waals surface area contributed by atoms with E-state index >= 15 is 0 Å². The summed E-state index contributed by atoms with van der Waals surface area (Å²) in [4.78, 5) is 24.5. The van der Waals surface area contributed by atoms with E-state index in [2.05, 4.69) is 10.6 Å². The molecule has 7 heteroatoms. The van der Waals surface area contributed by atoms with Gasteiger partial charge >= 0.3 is 0 Å². The van der Waals surface area contributed by atoms with Crippen LogP contribution in [-0.4, -0.2) is 23.4 Å².